The molecule has 0 fully saturated rings. The fourth-order valence-electron chi connectivity index (χ4n) is 2.21. The van der Waals surface area contributed by atoms with Crippen LogP contribution >= 0.6 is 0 Å². The number of carbonyl (C=O) groups is 3. The minimum atomic E-state index is -0.843. The maximum Gasteiger partial charge on any atom is 0.328 e. The third-order valence-corrected chi connectivity index (χ3v) is 3.89. The number of rotatable bonds is 7. The molecule has 1 heterocycles. The molecule has 148 valence electrons. The molecule has 0 bridgehead atoms. The molecule has 0 aliphatic rings. The summed E-state index contributed by atoms with van der Waals surface area (Å²) in [5.41, 5.74) is 1.24. The van der Waals surface area contributed by atoms with E-state index in [0.29, 0.717) is 5.69 Å². The van der Waals surface area contributed by atoms with Gasteiger partial charge in [-0.05, 0) is 31.0 Å². The Hall–Kier alpha value is -3.69. The maximum atomic E-state index is 11.9. The molecule has 0 radical (unpaired) electrons. The van der Waals surface area contributed by atoms with E-state index in [0.717, 1.165) is 28.0 Å². The highest BCUT2D eigenvalue weighted by Crippen LogP contribution is 2.17. The summed E-state index contributed by atoms with van der Waals surface area (Å²) in [6.07, 6.45) is 1.14. The van der Waals surface area contributed by atoms with E-state index in [1.807, 2.05) is 31.0 Å². The lowest BCUT2D eigenvalue weighted by Gasteiger charge is -2.11. The number of ether oxygens (including phenoxy) is 1. The van der Waals surface area contributed by atoms with Crippen LogP contribution in [-0.4, -0.2) is 40.5 Å². The van der Waals surface area contributed by atoms with E-state index < -0.39 is 42.2 Å². The Morgan fingerprint density at radius 2 is 1.86 bits per heavy atom. The first kappa shape index (κ1) is 20.6. The van der Waals surface area contributed by atoms with Gasteiger partial charge in [0.15, 0.2) is 6.61 Å². The van der Waals surface area contributed by atoms with Gasteiger partial charge in [-0.15, -0.1) is 0 Å². The molecular weight excluding hydrogens is 368 g/mol. The van der Waals surface area contributed by atoms with Crippen LogP contribution in [0.5, 0.6) is 0 Å². The van der Waals surface area contributed by atoms with Crippen molar-refractivity contribution in [2.24, 2.45) is 0 Å². The molecule has 0 aliphatic heterocycles. The van der Waals surface area contributed by atoms with E-state index in [1.54, 1.807) is 6.07 Å². The average Bonchev–Trinajstić information content (AvgIpc) is 2.64. The predicted octanol–water partition coefficient (Wildman–Crippen LogP) is -0.548. The van der Waals surface area contributed by atoms with Crippen molar-refractivity contribution in [2.75, 3.05) is 18.5 Å². The minimum absolute atomic E-state index is 0.289. The number of benzene rings is 1. The van der Waals surface area contributed by atoms with E-state index in [2.05, 4.69) is 10.6 Å². The van der Waals surface area contributed by atoms with Crippen LogP contribution in [0.3, 0.4) is 0 Å². The molecule has 0 atom stereocenters. The zero-order valence-electron chi connectivity index (χ0n) is 15.4. The van der Waals surface area contributed by atoms with Gasteiger partial charge in [0, 0.05) is 18.0 Å². The largest absolute Gasteiger partial charge is 0.454 e. The van der Waals surface area contributed by atoms with Crippen molar-refractivity contribution in [1.29, 1.82) is 0 Å². The second-order valence-corrected chi connectivity index (χ2v) is 5.97. The number of aryl methyl sites for hydroxylation is 1. The fraction of sp³-hybridized carbons (Fsp3) is 0.278. The molecule has 0 saturated carbocycles. The Kier molecular flexibility index (Phi) is 6.85. The smallest absolute Gasteiger partial charge is 0.328 e. The molecule has 1 aromatic carbocycles. The Morgan fingerprint density at radius 1 is 1.11 bits per heavy atom. The number of nitrogens with zero attached hydrogens (tertiary/aromatic N) is 1. The Balaban J connectivity index is 1.75. The van der Waals surface area contributed by atoms with E-state index in [1.165, 1.54) is 0 Å². The second-order valence-electron chi connectivity index (χ2n) is 5.97. The normalized spacial score (nSPS) is 10.2. The summed E-state index contributed by atoms with van der Waals surface area (Å²) < 4.78 is 5.67. The number of hydrogen-bond acceptors (Lipinski definition) is 6. The Bertz CT molecular complexity index is 1010. The van der Waals surface area contributed by atoms with Gasteiger partial charge in [0.05, 0.1) is 6.54 Å². The highest BCUT2D eigenvalue weighted by Gasteiger charge is 2.11. The number of nitrogens with one attached hydrogen (secondary N) is 3. The number of aromatic amines is 1. The predicted molar refractivity (Wildman–Crippen MR) is 99.8 cm³/mol. The lowest BCUT2D eigenvalue weighted by Crippen LogP contribution is -2.36. The monoisotopic (exact) mass is 388 g/mol. The van der Waals surface area contributed by atoms with Crippen molar-refractivity contribution in [3.8, 4) is 0 Å². The van der Waals surface area contributed by atoms with Crippen LogP contribution < -0.4 is 21.9 Å². The summed E-state index contributed by atoms with van der Waals surface area (Å²) in [5.74, 6) is -1.93. The van der Waals surface area contributed by atoms with Gasteiger partial charge in [-0.1, -0.05) is 12.1 Å². The van der Waals surface area contributed by atoms with Crippen LogP contribution in [0, 0.1) is 13.8 Å². The zero-order chi connectivity index (χ0) is 20.7. The van der Waals surface area contributed by atoms with Gasteiger partial charge in [0.1, 0.15) is 6.54 Å². The topological polar surface area (TPSA) is 139 Å². The molecule has 2 aromatic rings. The standard InChI is InChI=1S/C18H20N4O6/c1-11-4-3-5-13(12(11)2)20-15(24)8-19-16(25)10-28-17(26)9-22-7-6-14(23)21-18(22)27/h3-7H,8-10H2,1-2H3,(H,19,25)(H,20,24)(H,21,23,27). The minimum Gasteiger partial charge on any atom is -0.454 e. The third-order valence-electron chi connectivity index (χ3n) is 3.89. The van der Waals surface area contributed by atoms with Crippen LogP contribution in [0.2, 0.25) is 0 Å². The van der Waals surface area contributed by atoms with Gasteiger partial charge in [-0.3, -0.25) is 28.7 Å². The molecule has 2 rings (SSSR count). The zero-order valence-corrected chi connectivity index (χ0v) is 15.4. The van der Waals surface area contributed by atoms with Crippen LogP contribution in [-0.2, 0) is 25.7 Å². The van der Waals surface area contributed by atoms with Gasteiger partial charge in [-0.2, -0.15) is 0 Å². The lowest BCUT2D eigenvalue weighted by atomic mass is 10.1. The average molecular weight is 388 g/mol. The number of carbonyl (C=O) groups excluding carboxylic acids is 3. The molecular formula is C18H20N4O6. The number of amides is 2. The van der Waals surface area contributed by atoms with Gasteiger partial charge in [-0.25, -0.2) is 4.79 Å². The first-order valence-electron chi connectivity index (χ1n) is 8.34. The van der Waals surface area contributed by atoms with Crippen LogP contribution in [0.25, 0.3) is 0 Å². The van der Waals surface area contributed by atoms with Crippen molar-refractivity contribution in [1.82, 2.24) is 14.9 Å². The molecule has 0 aliphatic carbocycles. The van der Waals surface area contributed by atoms with Gasteiger partial charge in [0.2, 0.25) is 5.91 Å². The van der Waals surface area contributed by atoms with Crippen molar-refractivity contribution in [3.63, 3.8) is 0 Å². The van der Waals surface area contributed by atoms with Gasteiger partial charge < -0.3 is 15.4 Å². The van der Waals surface area contributed by atoms with E-state index in [9.17, 15) is 24.0 Å². The van der Waals surface area contributed by atoms with Crippen LogP contribution in [0.1, 0.15) is 11.1 Å². The summed E-state index contributed by atoms with van der Waals surface area (Å²) in [6.45, 7) is 2.44. The van der Waals surface area contributed by atoms with E-state index in [4.69, 9.17) is 4.74 Å². The van der Waals surface area contributed by atoms with Crippen molar-refractivity contribution >= 4 is 23.5 Å². The summed E-state index contributed by atoms with van der Waals surface area (Å²) in [7, 11) is 0. The quantitative estimate of drug-likeness (QED) is 0.544. The van der Waals surface area contributed by atoms with Crippen LogP contribution in [0.15, 0.2) is 40.1 Å². The van der Waals surface area contributed by atoms with E-state index >= 15 is 0 Å². The van der Waals surface area contributed by atoms with Crippen molar-refractivity contribution in [3.05, 3.63) is 62.4 Å². The summed E-state index contributed by atoms with van der Waals surface area (Å²) in [4.78, 5) is 59.7. The van der Waals surface area contributed by atoms with Gasteiger partial charge >= 0.3 is 11.7 Å². The summed E-state index contributed by atoms with van der Waals surface area (Å²) in [5, 5.41) is 5.02. The highest BCUT2D eigenvalue weighted by atomic mass is 16.5. The number of anilines is 1. The van der Waals surface area contributed by atoms with Gasteiger partial charge in [0.25, 0.3) is 11.5 Å². The van der Waals surface area contributed by atoms with Crippen LogP contribution in [0.4, 0.5) is 5.69 Å². The molecule has 2 amide bonds. The Morgan fingerprint density at radius 3 is 2.57 bits per heavy atom. The summed E-state index contributed by atoms with van der Waals surface area (Å²) in [6, 6.07) is 6.56. The number of hydrogen-bond donors (Lipinski definition) is 3. The first-order chi connectivity index (χ1) is 13.3. The third kappa shape index (κ3) is 5.94. The fourth-order valence-corrected chi connectivity index (χ4v) is 2.21. The van der Waals surface area contributed by atoms with Crippen molar-refractivity contribution < 1.29 is 19.1 Å². The highest BCUT2D eigenvalue weighted by molar-refractivity contribution is 5.95. The van der Waals surface area contributed by atoms with Crippen molar-refractivity contribution in [2.45, 2.75) is 20.4 Å². The molecule has 0 unspecified atom stereocenters. The lowest BCUT2D eigenvalue weighted by molar-refractivity contribution is -0.149. The molecule has 10 nitrogen and oxygen atoms in total. The Labute approximate surface area is 159 Å². The number of esters is 1. The molecule has 0 saturated heterocycles. The SMILES string of the molecule is Cc1cccc(NC(=O)CNC(=O)COC(=O)Cn2ccc(=O)[nH]c2=O)c1C. The molecule has 1 aromatic heterocycles. The summed E-state index contributed by atoms with van der Waals surface area (Å²) >= 11 is 0. The number of aromatic nitrogens is 2. The second kappa shape index (κ2) is 9.31. The molecule has 3 N–H and O–H groups in total. The maximum absolute atomic E-state index is 11.9. The molecule has 0 spiro atoms. The van der Waals surface area contributed by atoms with E-state index in [-0.39, 0.29) is 6.54 Å². The number of H-pyrrole nitrogens is 1. The first-order valence-corrected chi connectivity index (χ1v) is 8.34. The molecule has 10 heteroatoms. The molecule has 28 heavy (non-hydrogen) atoms.